The van der Waals surface area contributed by atoms with Gasteiger partial charge in [-0.1, -0.05) is 24.1 Å². The van der Waals surface area contributed by atoms with E-state index in [1.54, 1.807) is 36.4 Å². The smallest absolute Gasteiger partial charge is 0.348 e. The molecule has 0 spiro atoms. The van der Waals surface area contributed by atoms with E-state index in [9.17, 15) is 9.59 Å². The van der Waals surface area contributed by atoms with Crippen LogP contribution in [0.2, 0.25) is 0 Å². The van der Waals surface area contributed by atoms with Crippen molar-refractivity contribution in [1.29, 1.82) is 0 Å². The monoisotopic (exact) mass is 351 g/mol. The number of para-hydroxylation sites is 1. The molecule has 2 aromatic rings. The van der Waals surface area contributed by atoms with Crippen LogP contribution in [0.1, 0.15) is 15.9 Å². The minimum atomic E-state index is -0.815. The van der Waals surface area contributed by atoms with Crippen LogP contribution in [0.4, 0.5) is 5.69 Å². The van der Waals surface area contributed by atoms with E-state index in [1.165, 1.54) is 19.3 Å². The van der Waals surface area contributed by atoms with Gasteiger partial charge in [0.1, 0.15) is 6.61 Å². The molecule has 0 aliphatic heterocycles. The van der Waals surface area contributed by atoms with Crippen LogP contribution in [0, 0.1) is 12.3 Å². The highest BCUT2D eigenvalue weighted by molar-refractivity contribution is 6.03. The van der Waals surface area contributed by atoms with Crippen molar-refractivity contribution in [1.82, 2.24) is 0 Å². The molecule has 6 heteroatoms. The largest absolute Gasteiger partial charge is 0.493 e. The van der Waals surface area contributed by atoms with Gasteiger partial charge in [-0.05, 0) is 35.9 Å². The molecule has 0 amide bonds. The summed E-state index contributed by atoms with van der Waals surface area (Å²) in [5.74, 6) is 1.69. The van der Waals surface area contributed by atoms with Gasteiger partial charge in [-0.3, -0.25) is 0 Å². The Kier molecular flexibility index (Phi) is 6.40. The van der Waals surface area contributed by atoms with Gasteiger partial charge in [0, 0.05) is 11.8 Å². The Morgan fingerprint density at radius 2 is 1.96 bits per heavy atom. The van der Waals surface area contributed by atoms with Gasteiger partial charge < -0.3 is 19.9 Å². The molecule has 6 nitrogen and oxygen atoms in total. The molecule has 2 N–H and O–H groups in total. The number of terminal acetylenes is 1. The molecule has 0 aromatic heterocycles. The quantitative estimate of drug-likeness (QED) is 0.283. The predicted molar refractivity (Wildman–Crippen MR) is 97.6 cm³/mol. The van der Waals surface area contributed by atoms with Crippen molar-refractivity contribution in [3.63, 3.8) is 0 Å². The molecule has 2 aromatic carbocycles. The molecular weight excluding hydrogens is 334 g/mol. The number of carbonyl (C=O) groups excluding carboxylic acids is 2. The third kappa shape index (κ3) is 4.89. The van der Waals surface area contributed by atoms with Gasteiger partial charge in [0.15, 0.2) is 11.5 Å². The minimum Gasteiger partial charge on any atom is -0.493 e. The Labute approximate surface area is 151 Å². The number of nitrogen functional groups attached to an aromatic ring is 1. The van der Waals surface area contributed by atoms with Crippen molar-refractivity contribution in [3.8, 4) is 23.8 Å². The SMILES string of the molecule is C#CCOc1ccc(C=CC(=O)OC(=O)c2ccccc2N)cc1OC. The summed E-state index contributed by atoms with van der Waals surface area (Å²) >= 11 is 0. The summed E-state index contributed by atoms with van der Waals surface area (Å²) in [6.45, 7) is 0.114. The minimum absolute atomic E-state index is 0.114. The van der Waals surface area contributed by atoms with E-state index < -0.39 is 11.9 Å². The molecule has 0 bridgehead atoms. The Morgan fingerprint density at radius 1 is 1.19 bits per heavy atom. The Bertz CT molecular complexity index is 880. The molecule has 0 fully saturated rings. The normalized spacial score (nSPS) is 10.2. The number of carbonyl (C=O) groups is 2. The molecule has 0 unspecified atom stereocenters. The Balaban J connectivity index is 2.05. The number of hydrogen-bond donors (Lipinski definition) is 1. The number of ether oxygens (including phenoxy) is 3. The first-order valence-corrected chi connectivity index (χ1v) is 7.58. The molecule has 0 saturated carbocycles. The van der Waals surface area contributed by atoms with E-state index in [1.807, 2.05) is 0 Å². The number of methoxy groups -OCH3 is 1. The molecule has 26 heavy (non-hydrogen) atoms. The summed E-state index contributed by atoms with van der Waals surface area (Å²) in [5.41, 5.74) is 6.69. The van der Waals surface area contributed by atoms with Gasteiger partial charge in [0.25, 0.3) is 0 Å². The molecule has 0 radical (unpaired) electrons. The molecule has 0 atom stereocenters. The van der Waals surface area contributed by atoms with Crippen LogP contribution < -0.4 is 15.2 Å². The van der Waals surface area contributed by atoms with Gasteiger partial charge in [0.05, 0.1) is 12.7 Å². The van der Waals surface area contributed by atoms with Crippen molar-refractivity contribution in [3.05, 3.63) is 59.7 Å². The standard InChI is InChI=1S/C20H17NO5/c1-3-12-25-17-10-8-14(13-18(17)24-2)9-11-19(22)26-20(23)15-6-4-5-7-16(15)21/h1,4-11,13H,12,21H2,2H3. The first-order chi connectivity index (χ1) is 12.5. The third-order valence-electron chi connectivity index (χ3n) is 3.28. The molecule has 0 heterocycles. The number of rotatable bonds is 6. The molecule has 0 aliphatic carbocycles. The van der Waals surface area contributed by atoms with Crippen molar-refractivity contribution in [2.75, 3.05) is 19.5 Å². The van der Waals surface area contributed by atoms with Crippen molar-refractivity contribution >= 4 is 23.7 Å². The van der Waals surface area contributed by atoms with Crippen LogP contribution in [-0.4, -0.2) is 25.7 Å². The first kappa shape index (κ1) is 18.6. The summed E-state index contributed by atoms with van der Waals surface area (Å²) in [4.78, 5) is 23.7. The number of nitrogens with two attached hydrogens (primary N) is 1. The van der Waals surface area contributed by atoms with Gasteiger partial charge in [-0.15, -0.1) is 6.42 Å². The van der Waals surface area contributed by atoms with Crippen LogP contribution in [0.5, 0.6) is 11.5 Å². The van der Waals surface area contributed by atoms with Crippen LogP contribution in [0.25, 0.3) is 6.08 Å². The van der Waals surface area contributed by atoms with Gasteiger partial charge in [0.2, 0.25) is 0 Å². The highest BCUT2D eigenvalue weighted by atomic mass is 16.6. The van der Waals surface area contributed by atoms with Gasteiger partial charge >= 0.3 is 11.9 Å². The second-order valence-corrected chi connectivity index (χ2v) is 5.03. The lowest BCUT2D eigenvalue weighted by molar-refractivity contribution is -0.132. The zero-order valence-corrected chi connectivity index (χ0v) is 14.1. The second-order valence-electron chi connectivity index (χ2n) is 5.03. The predicted octanol–water partition coefficient (Wildman–Crippen LogP) is 2.69. The van der Waals surface area contributed by atoms with Crippen molar-refractivity contribution in [2.45, 2.75) is 0 Å². The summed E-state index contributed by atoms with van der Waals surface area (Å²) in [5, 5.41) is 0. The van der Waals surface area contributed by atoms with E-state index in [0.717, 1.165) is 6.08 Å². The molecule has 2 rings (SSSR count). The maximum absolute atomic E-state index is 11.9. The number of anilines is 1. The lowest BCUT2D eigenvalue weighted by Gasteiger charge is -2.09. The van der Waals surface area contributed by atoms with E-state index in [0.29, 0.717) is 17.1 Å². The highest BCUT2D eigenvalue weighted by Gasteiger charge is 2.13. The zero-order chi connectivity index (χ0) is 18.9. The highest BCUT2D eigenvalue weighted by Crippen LogP contribution is 2.28. The van der Waals surface area contributed by atoms with Crippen LogP contribution >= 0.6 is 0 Å². The summed E-state index contributed by atoms with van der Waals surface area (Å²) in [7, 11) is 1.49. The Morgan fingerprint density at radius 3 is 2.65 bits per heavy atom. The number of hydrogen-bond acceptors (Lipinski definition) is 6. The maximum Gasteiger partial charge on any atom is 0.348 e. The van der Waals surface area contributed by atoms with Crippen LogP contribution in [0.15, 0.2) is 48.5 Å². The van der Waals surface area contributed by atoms with Gasteiger partial charge in [-0.2, -0.15) is 0 Å². The van der Waals surface area contributed by atoms with Crippen molar-refractivity contribution < 1.29 is 23.8 Å². The van der Waals surface area contributed by atoms with E-state index in [-0.39, 0.29) is 17.9 Å². The Hall–Kier alpha value is -3.72. The van der Waals surface area contributed by atoms with E-state index in [2.05, 4.69) is 5.92 Å². The zero-order valence-electron chi connectivity index (χ0n) is 14.1. The number of esters is 2. The lowest BCUT2D eigenvalue weighted by atomic mass is 10.2. The average Bonchev–Trinajstić information content (AvgIpc) is 2.65. The van der Waals surface area contributed by atoms with Crippen molar-refractivity contribution in [2.24, 2.45) is 0 Å². The molecule has 0 saturated heterocycles. The third-order valence-corrected chi connectivity index (χ3v) is 3.28. The van der Waals surface area contributed by atoms with Gasteiger partial charge in [-0.25, -0.2) is 9.59 Å². The van der Waals surface area contributed by atoms with E-state index in [4.69, 9.17) is 26.4 Å². The van der Waals surface area contributed by atoms with E-state index >= 15 is 0 Å². The van der Waals surface area contributed by atoms with Crippen LogP contribution in [-0.2, 0) is 9.53 Å². The second kappa shape index (κ2) is 8.94. The topological polar surface area (TPSA) is 87.9 Å². The lowest BCUT2D eigenvalue weighted by Crippen LogP contribution is -2.12. The number of benzene rings is 2. The average molecular weight is 351 g/mol. The molecular formula is C20H17NO5. The van der Waals surface area contributed by atoms with Crippen LogP contribution in [0.3, 0.4) is 0 Å². The molecule has 132 valence electrons. The fourth-order valence-corrected chi connectivity index (χ4v) is 2.05. The maximum atomic E-state index is 11.9. The molecule has 0 aliphatic rings. The fourth-order valence-electron chi connectivity index (χ4n) is 2.05. The summed E-state index contributed by atoms with van der Waals surface area (Å²) in [6.07, 6.45) is 7.77. The fraction of sp³-hybridized carbons (Fsp3) is 0.100. The summed E-state index contributed by atoms with van der Waals surface area (Å²) < 4.78 is 15.3. The summed E-state index contributed by atoms with van der Waals surface area (Å²) in [6, 6.07) is 11.4. The first-order valence-electron chi connectivity index (χ1n) is 7.58.